The Labute approximate surface area is 151 Å². The summed E-state index contributed by atoms with van der Waals surface area (Å²) in [6.07, 6.45) is 0. The lowest BCUT2D eigenvalue weighted by Crippen LogP contribution is -2.41. The predicted octanol–water partition coefficient (Wildman–Crippen LogP) is 1.50. The summed E-state index contributed by atoms with van der Waals surface area (Å²) in [5, 5.41) is 0. The summed E-state index contributed by atoms with van der Waals surface area (Å²) >= 11 is 0. The summed E-state index contributed by atoms with van der Waals surface area (Å²) < 4.78 is 34.2. The largest absolute Gasteiger partial charge is 0.494 e. The van der Waals surface area contributed by atoms with Gasteiger partial charge in [0.2, 0.25) is 0 Å². The highest BCUT2D eigenvalue weighted by atomic mass is 32.2. The first-order chi connectivity index (χ1) is 12.4. The van der Waals surface area contributed by atoms with Crippen LogP contribution >= 0.6 is 0 Å². The Balaban J connectivity index is 2.02. The van der Waals surface area contributed by atoms with Crippen LogP contribution in [0.25, 0.3) is 0 Å². The molecule has 0 aliphatic carbocycles. The molecule has 2 aromatic rings. The highest BCUT2D eigenvalue weighted by Gasteiger charge is 2.16. The molecule has 0 saturated heterocycles. The fourth-order valence-electron chi connectivity index (χ4n) is 2.00. The van der Waals surface area contributed by atoms with Gasteiger partial charge >= 0.3 is 5.97 Å². The number of amides is 1. The zero-order valence-corrected chi connectivity index (χ0v) is 15.0. The van der Waals surface area contributed by atoms with Crippen molar-refractivity contribution in [3.63, 3.8) is 0 Å². The van der Waals surface area contributed by atoms with Gasteiger partial charge < -0.3 is 9.47 Å². The summed E-state index contributed by atoms with van der Waals surface area (Å²) in [5.41, 5.74) is 2.57. The molecule has 138 valence electrons. The highest BCUT2D eigenvalue weighted by molar-refractivity contribution is 7.89. The minimum atomic E-state index is -3.93. The SMILES string of the molecule is CCOc1ccc(S(=O)(=O)NNC(=O)c2ccc(C(=O)OC)cc2)cc1. The van der Waals surface area contributed by atoms with Crippen molar-refractivity contribution < 1.29 is 27.5 Å². The lowest BCUT2D eigenvalue weighted by Gasteiger charge is -2.09. The molecule has 2 aromatic carbocycles. The molecule has 2 rings (SSSR count). The minimum absolute atomic E-state index is 0.0257. The number of methoxy groups -OCH3 is 1. The molecule has 8 nitrogen and oxygen atoms in total. The second-order valence-electron chi connectivity index (χ2n) is 5.03. The third-order valence-electron chi connectivity index (χ3n) is 3.31. The lowest BCUT2D eigenvalue weighted by molar-refractivity contribution is 0.0600. The first-order valence-corrected chi connectivity index (χ1v) is 9.09. The van der Waals surface area contributed by atoms with Gasteiger partial charge in [0.1, 0.15) is 5.75 Å². The number of rotatable bonds is 7. The summed E-state index contributed by atoms with van der Waals surface area (Å²) in [6.45, 7) is 2.29. The van der Waals surface area contributed by atoms with Gasteiger partial charge in [-0.25, -0.2) is 13.2 Å². The van der Waals surface area contributed by atoms with Gasteiger partial charge in [-0.3, -0.25) is 10.2 Å². The molecule has 2 N–H and O–H groups in total. The maximum absolute atomic E-state index is 12.2. The molecule has 0 atom stereocenters. The maximum Gasteiger partial charge on any atom is 0.337 e. The third kappa shape index (κ3) is 4.80. The number of carbonyl (C=O) groups is 2. The molecule has 26 heavy (non-hydrogen) atoms. The first-order valence-electron chi connectivity index (χ1n) is 7.60. The average molecular weight is 378 g/mol. The Kier molecular flexibility index (Phi) is 6.31. The van der Waals surface area contributed by atoms with Crippen LogP contribution in [0, 0.1) is 0 Å². The van der Waals surface area contributed by atoms with Crippen molar-refractivity contribution in [2.24, 2.45) is 0 Å². The number of esters is 1. The fourth-order valence-corrected chi connectivity index (χ4v) is 2.84. The average Bonchev–Trinajstić information content (AvgIpc) is 2.66. The lowest BCUT2D eigenvalue weighted by atomic mass is 10.1. The fraction of sp³-hybridized carbons (Fsp3) is 0.176. The zero-order valence-electron chi connectivity index (χ0n) is 14.2. The first kappa shape index (κ1) is 19.4. The molecule has 0 saturated carbocycles. The molecule has 9 heteroatoms. The van der Waals surface area contributed by atoms with Crippen LogP contribution in [-0.4, -0.2) is 34.0 Å². The van der Waals surface area contributed by atoms with Crippen molar-refractivity contribution in [1.29, 1.82) is 0 Å². The number of hydrazine groups is 1. The van der Waals surface area contributed by atoms with Crippen LogP contribution < -0.4 is 15.0 Å². The van der Waals surface area contributed by atoms with Crippen LogP contribution in [0.5, 0.6) is 5.75 Å². The van der Waals surface area contributed by atoms with E-state index in [1.165, 1.54) is 55.6 Å². The van der Waals surface area contributed by atoms with E-state index in [0.717, 1.165) is 0 Å². The van der Waals surface area contributed by atoms with E-state index >= 15 is 0 Å². The van der Waals surface area contributed by atoms with Gasteiger partial charge in [-0.15, -0.1) is 4.83 Å². The van der Waals surface area contributed by atoms with Gasteiger partial charge in [0.05, 0.1) is 24.2 Å². The van der Waals surface area contributed by atoms with Gasteiger partial charge in [0, 0.05) is 5.56 Å². The summed E-state index contributed by atoms with van der Waals surface area (Å²) in [7, 11) is -2.68. The Morgan fingerprint density at radius 2 is 1.54 bits per heavy atom. The standard InChI is InChI=1S/C17H18N2O6S/c1-3-25-14-8-10-15(11-9-14)26(22,23)19-18-16(20)12-4-6-13(7-5-12)17(21)24-2/h4-11,19H,3H2,1-2H3,(H,18,20). The van der Waals surface area contributed by atoms with Crippen molar-refractivity contribution in [1.82, 2.24) is 10.3 Å². The number of carbonyl (C=O) groups excluding carboxylic acids is 2. The van der Waals surface area contributed by atoms with E-state index in [1.54, 1.807) is 0 Å². The summed E-state index contributed by atoms with van der Waals surface area (Å²) in [6, 6.07) is 11.3. The van der Waals surface area contributed by atoms with E-state index in [9.17, 15) is 18.0 Å². The van der Waals surface area contributed by atoms with Crippen LogP contribution in [0.1, 0.15) is 27.6 Å². The van der Waals surface area contributed by atoms with Gasteiger partial charge in [0.25, 0.3) is 15.9 Å². The van der Waals surface area contributed by atoms with Crippen LogP contribution in [-0.2, 0) is 14.8 Å². The van der Waals surface area contributed by atoms with Crippen molar-refractivity contribution in [3.05, 3.63) is 59.7 Å². The molecule has 0 aliphatic heterocycles. The maximum atomic E-state index is 12.2. The van der Waals surface area contributed by atoms with E-state index in [0.29, 0.717) is 12.4 Å². The number of nitrogens with one attached hydrogen (secondary N) is 2. The quantitative estimate of drug-likeness (QED) is 0.558. The van der Waals surface area contributed by atoms with Crippen molar-refractivity contribution in [3.8, 4) is 5.75 Å². The number of hydrogen-bond acceptors (Lipinski definition) is 6. The Morgan fingerprint density at radius 1 is 0.962 bits per heavy atom. The van der Waals surface area contributed by atoms with E-state index in [2.05, 4.69) is 10.2 Å². The number of sulfonamides is 1. The highest BCUT2D eigenvalue weighted by Crippen LogP contribution is 2.15. The molecule has 0 unspecified atom stereocenters. The Hall–Kier alpha value is -2.91. The van der Waals surface area contributed by atoms with E-state index in [1.807, 2.05) is 11.8 Å². The summed E-state index contributed by atoms with van der Waals surface area (Å²) in [5.74, 6) is -0.662. The van der Waals surface area contributed by atoms with Crippen molar-refractivity contribution in [2.45, 2.75) is 11.8 Å². The van der Waals surface area contributed by atoms with Crippen LogP contribution in [0.3, 0.4) is 0 Å². The second kappa shape index (κ2) is 8.45. The molecule has 0 aliphatic rings. The topological polar surface area (TPSA) is 111 Å². The zero-order chi connectivity index (χ0) is 19.2. The van der Waals surface area contributed by atoms with Crippen LogP contribution in [0.4, 0.5) is 0 Å². The van der Waals surface area contributed by atoms with Crippen molar-refractivity contribution >= 4 is 21.9 Å². The molecule has 0 aromatic heterocycles. The van der Waals surface area contributed by atoms with Crippen molar-refractivity contribution in [2.75, 3.05) is 13.7 Å². The molecule has 0 fully saturated rings. The number of benzene rings is 2. The van der Waals surface area contributed by atoms with Crippen LogP contribution in [0.2, 0.25) is 0 Å². The Morgan fingerprint density at radius 3 is 2.08 bits per heavy atom. The number of ether oxygens (including phenoxy) is 2. The molecule has 0 spiro atoms. The third-order valence-corrected chi connectivity index (χ3v) is 4.58. The molecular weight excluding hydrogens is 360 g/mol. The normalized spacial score (nSPS) is 10.8. The van der Waals surface area contributed by atoms with Gasteiger partial charge in [-0.1, -0.05) is 0 Å². The predicted molar refractivity (Wildman–Crippen MR) is 93.2 cm³/mol. The molecule has 0 radical (unpaired) electrons. The Bertz CT molecular complexity index is 876. The monoisotopic (exact) mass is 378 g/mol. The van der Waals surface area contributed by atoms with E-state index in [-0.39, 0.29) is 16.0 Å². The van der Waals surface area contributed by atoms with E-state index in [4.69, 9.17) is 4.74 Å². The van der Waals surface area contributed by atoms with Gasteiger partial charge in [-0.05, 0) is 55.5 Å². The minimum Gasteiger partial charge on any atom is -0.494 e. The smallest absolute Gasteiger partial charge is 0.337 e. The van der Waals surface area contributed by atoms with E-state index < -0.39 is 21.9 Å². The molecule has 1 amide bonds. The van der Waals surface area contributed by atoms with Gasteiger partial charge in [-0.2, -0.15) is 0 Å². The second-order valence-corrected chi connectivity index (χ2v) is 6.72. The van der Waals surface area contributed by atoms with Crippen LogP contribution in [0.15, 0.2) is 53.4 Å². The molecular formula is C17H18N2O6S. The molecule has 0 heterocycles. The van der Waals surface area contributed by atoms with Gasteiger partial charge in [0.15, 0.2) is 0 Å². The molecule has 0 bridgehead atoms. The number of hydrogen-bond donors (Lipinski definition) is 2. The summed E-state index contributed by atoms with van der Waals surface area (Å²) in [4.78, 5) is 25.4.